The average molecular weight is 340 g/mol. The Kier molecular flexibility index (Phi) is 11.2. The molecule has 1 unspecified atom stereocenters. The third kappa shape index (κ3) is 9.12. The lowest BCUT2D eigenvalue weighted by atomic mass is 9.94. The fourth-order valence-corrected chi connectivity index (χ4v) is 2.80. The highest BCUT2D eigenvalue weighted by molar-refractivity contribution is 6.30. The Morgan fingerprint density at radius 2 is 1.39 bits per heavy atom. The average Bonchev–Trinajstić information content (AvgIpc) is 2.46. The molecule has 0 aliphatic heterocycles. The van der Waals surface area contributed by atoms with E-state index < -0.39 is 0 Å². The van der Waals surface area contributed by atoms with Crippen molar-refractivity contribution in [3.05, 3.63) is 34.9 Å². The molecule has 1 aromatic rings. The van der Waals surface area contributed by atoms with Gasteiger partial charge < -0.3 is 4.90 Å². The molecule has 132 valence electrons. The molecule has 0 saturated carbocycles. The van der Waals surface area contributed by atoms with Gasteiger partial charge in [-0.3, -0.25) is 4.79 Å². The van der Waals surface area contributed by atoms with Crippen LogP contribution in [0, 0.1) is 11.8 Å². The van der Waals surface area contributed by atoms with E-state index in [1.54, 1.807) is 6.92 Å². The summed E-state index contributed by atoms with van der Waals surface area (Å²) in [5.74, 6) is 1.35. The summed E-state index contributed by atoms with van der Waals surface area (Å²) in [7, 11) is 0. The number of ketones is 1. The highest BCUT2D eigenvalue weighted by Crippen LogP contribution is 2.22. The minimum absolute atomic E-state index is 0.0697. The molecule has 1 rings (SSSR count). The monoisotopic (exact) mass is 339 g/mol. The molecule has 1 atom stereocenters. The zero-order valence-corrected chi connectivity index (χ0v) is 16.7. The van der Waals surface area contributed by atoms with Crippen LogP contribution in [0.25, 0.3) is 0 Å². The molecule has 1 aromatic carbocycles. The van der Waals surface area contributed by atoms with Crippen molar-refractivity contribution in [1.29, 1.82) is 0 Å². The Hall–Kier alpha value is -0.860. The maximum atomic E-state index is 12.1. The molecule has 0 saturated heterocycles. The van der Waals surface area contributed by atoms with Gasteiger partial charge in [0.15, 0.2) is 0 Å². The molecule has 0 bridgehead atoms. The summed E-state index contributed by atoms with van der Waals surface area (Å²) in [5, 5.41) is 0.710. The van der Waals surface area contributed by atoms with Gasteiger partial charge >= 0.3 is 0 Å². The first-order valence-corrected chi connectivity index (χ1v) is 9.15. The van der Waals surface area contributed by atoms with Gasteiger partial charge in [0.1, 0.15) is 5.78 Å². The normalized spacial score (nSPS) is 12.3. The van der Waals surface area contributed by atoms with Crippen molar-refractivity contribution in [2.45, 2.75) is 54.4 Å². The minimum Gasteiger partial charge on any atom is -0.302 e. The predicted octanol–water partition coefficient (Wildman–Crippen LogP) is 5.65. The van der Waals surface area contributed by atoms with E-state index >= 15 is 0 Å². The number of nitrogens with zero attached hydrogens (tertiary/aromatic N) is 1. The maximum Gasteiger partial charge on any atom is 0.138 e. The third-order valence-corrected chi connectivity index (χ3v) is 3.70. The predicted molar refractivity (Wildman–Crippen MR) is 102 cm³/mol. The summed E-state index contributed by atoms with van der Waals surface area (Å²) in [6.45, 7) is 17.4. The van der Waals surface area contributed by atoms with Gasteiger partial charge in [-0.25, -0.2) is 0 Å². The summed E-state index contributed by atoms with van der Waals surface area (Å²) in [4.78, 5) is 14.5. The van der Waals surface area contributed by atoms with E-state index in [1.165, 1.54) is 0 Å². The van der Waals surface area contributed by atoms with Crippen LogP contribution in [0.5, 0.6) is 0 Å². The van der Waals surface area contributed by atoms with Crippen LogP contribution in [-0.4, -0.2) is 30.3 Å². The van der Waals surface area contributed by atoms with E-state index in [0.717, 1.165) is 25.2 Å². The van der Waals surface area contributed by atoms with E-state index in [9.17, 15) is 4.79 Å². The summed E-state index contributed by atoms with van der Waals surface area (Å²) in [6.07, 6.45) is 0. The zero-order chi connectivity index (χ0) is 18.0. The molecule has 0 fully saturated rings. The van der Waals surface area contributed by atoms with Crippen molar-refractivity contribution in [2.75, 3.05) is 19.6 Å². The summed E-state index contributed by atoms with van der Waals surface area (Å²) >= 11 is 5.94. The quantitative estimate of drug-likeness (QED) is 0.609. The number of hydrogen-bond donors (Lipinski definition) is 0. The Bertz CT molecular complexity index is 429. The molecule has 0 heterocycles. The van der Waals surface area contributed by atoms with Crippen LogP contribution in [0.1, 0.15) is 59.9 Å². The van der Waals surface area contributed by atoms with Crippen LogP contribution in [0.4, 0.5) is 0 Å². The molecule has 0 spiro atoms. The standard InChI is InChI=1S/C18H28ClNO.C2H6/c1-13(2)10-20(11-14(3)4)12-18(15(5)21)16-6-8-17(19)9-7-16;1-2/h6-9,13-14,18H,10-12H2,1-5H3;1-2H3. The lowest BCUT2D eigenvalue weighted by Crippen LogP contribution is -2.36. The second kappa shape index (κ2) is 11.6. The smallest absolute Gasteiger partial charge is 0.138 e. The molecular weight excluding hydrogens is 306 g/mol. The number of Topliss-reactive ketones (excluding diaryl/α,β-unsaturated/α-hetero) is 1. The largest absolute Gasteiger partial charge is 0.302 e. The molecule has 0 radical (unpaired) electrons. The Morgan fingerprint density at radius 1 is 0.957 bits per heavy atom. The SMILES string of the molecule is CC.CC(=O)C(CN(CC(C)C)CC(C)C)c1ccc(Cl)cc1. The van der Waals surface area contributed by atoms with Gasteiger partial charge in [0.05, 0.1) is 5.92 Å². The van der Waals surface area contributed by atoms with Crippen molar-refractivity contribution in [3.63, 3.8) is 0 Å². The van der Waals surface area contributed by atoms with Gasteiger partial charge in [-0.05, 0) is 36.5 Å². The van der Waals surface area contributed by atoms with Gasteiger partial charge in [-0.2, -0.15) is 0 Å². The van der Waals surface area contributed by atoms with E-state index in [-0.39, 0.29) is 11.7 Å². The van der Waals surface area contributed by atoms with Crippen molar-refractivity contribution in [1.82, 2.24) is 4.90 Å². The molecule has 0 aliphatic carbocycles. The third-order valence-electron chi connectivity index (χ3n) is 3.45. The minimum atomic E-state index is -0.0697. The second-order valence-electron chi connectivity index (χ2n) is 6.72. The number of benzene rings is 1. The maximum absolute atomic E-state index is 12.1. The fraction of sp³-hybridized carbons (Fsp3) is 0.650. The van der Waals surface area contributed by atoms with Crippen molar-refractivity contribution >= 4 is 17.4 Å². The Morgan fingerprint density at radius 3 is 1.74 bits per heavy atom. The highest BCUT2D eigenvalue weighted by Gasteiger charge is 2.21. The summed E-state index contributed by atoms with van der Waals surface area (Å²) < 4.78 is 0. The Labute approximate surface area is 148 Å². The first kappa shape index (κ1) is 22.1. The van der Waals surface area contributed by atoms with E-state index in [1.807, 2.05) is 38.1 Å². The molecule has 2 nitrogen and oxygen atoms in total. The van der Waals surface area contributed by atoms with Crippen LogP contribution < -0.4 is 0 Å². The molecule has 0 amide bonds. The molecule has 23 heavy (non-hydrogen) atoms. The molecule has 0 aliphatic rings. The molecule has 0 aromatic heterocycles. The highest BCUT2D eigenvalue weighted by atomic mass is 35.5. The zero-order valence-electron chi connectivity index (χ0n) is 15.9. The fourth-order valence-electron chi connectivity index (χ4n) is 2.68. The lowest BCUT2D eigenvalue weighted by Gasteiger charge is -2.29. The van der Waals surface area contributed by atoms with E-state index in [0.29, 0.717) is 16.9 Å². The van der Waals surface area contributed by atoms with Gasteiger partial charge in [0.2, 0.25) is 0 Å². The first-order chi connectivity index (χ1) is 10.8. The van der Waals surface area contributed by atoms with Crippen molar-refractivity contribution in [3.8, 4) is 0 Å². The number of carbonyl (C=O) groups excluding carboxylic acids is 1. The van der Waals surface area contributed by atoms with Gasteiger partial charge in [0, 0.05) is 24.7 Å². The number of halogens is 1. The van der Waals surface area contributed by atoms with Gasteiger partial charge in [-0.1, -0.05) is 65.3 Å². The molecule has 3 heteroatoms. The van der Waals surface area contributed by atoms with Crippen molar-refractivity contribution in [2.24, 2.45) is 11.8 Å². The van der Waals surface area contributed by atoms with Crippen molar-refractivity contribution < 1.29 is 4.79 Å². The summed E-state index contributed by atoms with van der Waals surface area (Å²) in [6, 6.07) is 7.67. The van der Waals surface area contributed by atoms with Gasteiger partial charge in [0.25, 0.3) is 0 Å². The lowest BCUT2D eigenvalue weighted by molar-refractivity contribution is -0.118. The topological polar surface area (TPSA) is 20.3 Å². The Balaban J connectivity index is 0.00000232. The van der Waals surface area contributed by atoms with E-state index in [4.69, 9.17) is 11.6 Å². The van der Waals surface area contributed by atoms with Crippen LogP contribution >= 0.6 is 11.6 Å². The van der Waals surface area contributed by atoms with E-state index in [2.05, 4.69) is 32.6 Å². The molecular formula is C20H34ClNO. The number of hydrogen-bond acceptors (Lipinski definition) is 2. The number of carbonyl (C=O) groups is 1. The van der Waals surface area contributed by atoms with Gasteiger partial charge in [-0.15, -0.1) is 0 Å². The van der Waals surface area contributed by atoms with Crippen LogP contribution in [-0.2, 0) is 4.79 Å². The second-order valence-corrected chi connectivity index (χ2v) is 7.16. The van der Waals surface area contributed by atoms with Crippen LogP contribution in [0.2, 0.25) is 5.02 Å². The van der Waals surface area contributed by atoms with Crippen LogP contribution in [0.15, 0.2) is 24.3 Å². The summed E-state index contributed by atoms with van der Waals surface area (Å²) in [5.41, 5.74) is 1.06. The first-order valence-electron chi connectivity index (χ1n) is 8.77. The molecule has 0 N–H and O–H groups in total. The number of rotatable bonds is 8. The van der Waals surface area contributed by atoms with Crippen LogP contribution in [0.3, 0.4) is 0 Å².